The molecule has 0 aliphatic carbocycles. The van der Waals surface area contributed by atoms with Crippen LogP contribution in [0.25, 0.3) is 0 Å². The van der Waals surface area contributed by atoms with Gasteiger partial charge in [0.2, 0.25) is 0 Å². The van der Waals surface area contributed by atoms with Crippen LogP contribution in [0.4, 0.5) is 0 Å². The van der Waals surface area contributed by atoms with Crippen molar-refractivity contribution in [3.8, 4) is 11.5 Å². The summed E-state index contributed by atoms with van der Waals surface area (Å²) in [5.74, 6) is 0.396. The average molecular weight is 279 g/mol. The van der Waals surface area contributed by atoms with Gasteiger partial charge in [-0.25, -0.2) is 0 Å². The molecule has 5 nitrogen and oxygen atoms in total. The molecule has 1 aromatic rings. The molecule has 0 radical (unpaired) electrons. The Labute approximate surface area is 119 Å². The fraction of sp³-hybridized carbons (Fsp3) is 0.533. The van der Waals surface area contributed by atoms with Crippen molar-refractivity contribution in [1.29, 1.82) is 0 Å². The molecule has 1 aliphatic heterocycles. The van der Waals surface area contributed by atoms with Crippen LogP contribution in [-0.2, 0) is 4.79 Å². The Balaban J connectivity index is 2.35. The topological polar surface area (TPSA) is 59.0 Å². The van der Waals surface area contributed by atoms with E-state index >= 15 is 0 Å². The first-order valence-corrected chi connectivity index (χ1v) is 6.85. The maximum absolute atomic E-state index is 11.7. The first kappa shape index (κ1) is 14.7. The number of rotatable bonds is 5. The molecule has 1 unspecified atom stereocenters. The van der Waals surface area contributed by atoms with E-state index in [1.165, 1.54) is 6.42 Å². The molecule has 110 valence electrons. The van der Waals surface area contributed by atoms with Crippen molar-refractivity contribution < 1.29 is 19.4 Å². The molecular weight excluding hydrogens is 258 g/mol. The van der Waals surface area contributed by atoms with Gasteiger partial charge in [0, 0.05) is 6.07 Å². The minimum absolute atomic E-state index is 0.614. The molecule has 5 heteroatoms. The fourth-order valence-electron chi connectivity index (χ4n) is 2.67. The number of carboxylic acids is 1. The van der Waals surface area contributed by atoms with Crippen LogP contribution in [0.15, 0.2) is 18.2 Å². The molecule has 0 aromatic heterocycles. The number of aliphatic carboxylic acids is 1. The lowest BCUT2D eigenvalue weighted by Gasteiger charge is -2.32. The minimum atomic E-state index is -0.831. The Bertz CT molecular complexity index is 447. The summed E-state index contributed by atoms with van der Waals surface area (Å²) in [5, 5.41) is 9.58. The van der Waals surface area contributed by atoms with Gasteiger partial charge in [-0.05, 0) is 43.6 Å². The van der Waals surface area contributed by atoms with E-state index in [1.54, 1.807) is 32.4 Å². The van der Waals surface area contributed by atoms with Crippen LogP contribution in [0, 0.1) is 0 Å². The maximum Gasteiger partial charge on any atom is 0.325 e. The summed E-state index contributed by atoms with van der Waals surface area (Å²) >= 11 is 0. The first-order chi connectivity index (χ1) is 9.65. The summed E-state index contributed by atoms with van der Waals surface area (Å²) < 4.78 is 10.4. The highest BCUT2D eigenvalue weighted by Crippen LogP contribution is 2.31. The zero-order chi connectivity index (χ0) is 14.5. The van der Waals surface area contributed by atoms with Crippen molar-refractivity contribution in [1.82, 2.24) is 4.90 Å². The van der Waals surface area contributed by atoms with Crippen LogP contribution in [0.1, 0.15) is 30.9 Å². The van der Waals surface area contributed by atoms with Gasteiger partial charge in [-0.2, -0.15) is 0 Å². The van der Waals surface area contributed by atoms with E-state index in [1.807, 2.05) is 4.90 Å². The number of ether oxygens (including phenoxy) is 2. The number of hydrogen-bond donors (Lipinski definition) is 1. The zero-order valence-electron chi connectivity index (χ0n) is 12.0. The van der Waals surface area contributed by atoms with Gasteiger partial charge in [-0.1, -0.05) is 6.42 Å². The lowest BCUT2D eigenvalue weighted by molar-refractivity contribution is -0.144. The second kappa shape index (κ2) is 6.61. The van der Waals surface area contributed by atoms with E-state index in [-0.39, 0.29) is 0 Å². The number of benzene rings is 1. The monoisotopic (exact) mass is 279 g/mol. The van der Waals surface area contributed by atoms with Gasteiger partial charge in [0.1, 0.15) is 17.5 Å². The second-order valence-electron chi connectivity index (χ2n) is 4.98. The minimum Gasteiger partial charge on any atom is -0.497 e. The Morgan fingerprint density at radius 3 is 2.10 bits per heavy atom. The molecule has 1 N–H and O–H groups in total. The maximum atomic E-state index is 11.7. The highest BCUT2D eigenvalue weighted by atomic mass is 16.5. The molecule has 2 rings (SSSR count). The van der Waals surface area contributed by atoms with Crippen molar-refractivity contribution in [2.75, 3.05) is 27.3 Å². The van der Waals surface area contributed by atoms with E-state index in [4.69, 9.17) is 9.47 Å². The van der Waals surface area contributed by atoms with Crippen molar-refractivity contribution >= 4 is 5.97 Å². The standard InChI is InChI=1S/C15H21NO4/c1-19-12-8-11(9-13(10-12)20-2)14(15(17)18)16-6-4-3-5-7-16/h8-10,14H,3-7H2,1-2H3,(H,17,18). The summed E-state index contributed by atoms with van der Waals surface area (Å²) in [7, 11) is 3.13. The highest BCUT2D eigenvalue weighted by molar-refractivity contribution is 5.76. The second-order valence-corrected chi connectivity index (χ2v) is 4.98. The quantitative estimate of drug-likeness (QED) is 0.896. The molecular formula is C15H21NO4. The molecule has 0 spiro atoms. The van der Waals surface area contributed by atoms with Crippen LogP contribution in [0.5, 0.6) is 11.5 Å². The third-order valence-corrected chi connectivity index (χ3v) is 3.68. The van der Waals surface area contributed by atoms with Gasteiger partial charge < -0.3 is 14.6 Å². The smallest absolute Gasteiger partial charge is 0.325 e. The van der Waals surface area contributed by atoms with Crippen molar-refractivity contribution in [3.63, 3.8) is 0 Å². The number of likely N-dealkylation sites (tertiary alicyclic amines) is 1. The Morgan fingerprint density at radius 2 is 1.65 bits per heavy atom. The normalized spacial score (nSPS) is 17.5. The molecule has 0 bridgehead atoms. The molecule has 0 saturated carbocycles. The molecule has 1 aromatic carbocycles. The van der Waals surface area contributed by atoms with Crippen LogP contribution < -0.4 is 9.47 Å². The molecule has 1 fully saturated rings. The van der Waals surface area contributed by atoms with E-state index in [9.17, 15) is 9.90 Å². The number of methoxy groups -OCH3 is 2. The van der Waals surface area contributed by atoms with Gasteiger partial charge in [0.05, 0.1) is 14.2 Å². The number of hydrogen-bond acceptors (Lipinski definition) is 4. The van der Waals surface area contributed by atoms with Crippen LogP contribution in [0.3, 0.4) is 0 Å². The number of piperidine rings is 1. The Morgan fingerprint density at radius 1 is 1.10 bits per heavy atom. The molecule has 1 aliphatic rings. The summed E-state index contributed by atoms with van der Waals surface area (Å²) in [6.45, 7) is 1.63. The Hall–Kier alpha value is -1.75. The fourth-order valence-corrected chi connectivity index (χ4v) is 2.67. The summed E-state index contributed by atoms with van der Waals surface area (Å²) in [4.78, 5) is 13.7. The van der Waals surface area contributed by atoms with Gasteiger partial charge in [-0.3, -0.25) is 9.69 Å². The van der Waals surface area contributed by atoms with Crippen molar-refractivity contribution in [2.24, 2.45) is 0 Å². The Kier molecular flexibility index (Phi) is 4.84. The van der Waals surface area contributed by atoms with Crippen molar-refractivity contribution in [2.45, 2.75) is 25.3 Å². The van der Waals surface area contributed by atoms with E-state index in [0.29, 0.717) is 17.1 Å². The van der Waals surface area contributed by atoms with Crippen molar-refractivity contribution in [3.05, 3.63) is 23.8 Å². The summed E-state index contributed by atoms with van der Waals surface area (Å²) in [5.41, 5.74) is 0.704. The molecule has 20 heavy (non-hydrogen) atoms. The highest BCUT2D eigenvalue weighted by Gasteiger charge is 2.29. The predicted octanol–water partition coefficient (Wildman–Crippen LogP) is 2.32. The molecule has 1 saturated heterocycles. The van der Waals surface area contributed by atoms with Gasteiger partial charge in [-0.15, -0.1) is 0 Å². The molecule has 0 amide bonds. The van der Waals surface area contributed by atoms with E-state index in [2.05, 4.69) is 0 Å². The first-order valence-electron chi connectivity index (χ1n) is 6.85. The lowest BCUT2D eigenvalue weighted by Crippen LogP contribution is -2.37. The molecule has 1 atom stereocenters. The largest absolute Gasteiger partial charge is 0.497 e. The van der Waals surface area contributed by atoms with E-state index < -0.39 is 12.0 Å². The average Bonchev–Trinajstić information content (AvgIpc) is 2.47. The van der Waals surface area contributed by atoms with Gasteiger partial charge in [0.15, 0.2) is 0 Å². The van der Waals surface area contributed by atoms with Crippen LogP contribution in [0.2, 0.25) is 0 Å². The van der Waals surface area contributed by atoms with Crippen LogP contribution in [-0.4, -0.2) is 43.3 Å². The number of carbonyl (C=O) groups is 1. The third-order valence-electron chi connectivity index (χ3n) is 3.68. The molecule has 1 heterocycles. The van der Waals surface area contributed by atoms with E-state index in [0.717, 1.165) is 25.9 Å². The SMILES string of the molecule is COc1cc(OC)cc(C(C(=O)O)N2CCCCC2)c1. The summed E-state index contributed by atoms with van der Waals surface area (Å²) in [6, 6.07) is 4.66. The van der Waals surface area contributed by atoms with Gasteiger partial charge >= 0.3 is 5.97 Å². The zero-order valence-corrected chi connectivity index (χ0v) is 12.0. The lowest BCUT2D eigenvalue weighted by atomic mass is 10.0. The van der Waals surface area contributed by atoms with Crippen LogP contribution >= 0.6 is 0 Å². The van der Waals surface area contributed by atoms with Gasteiger partial charge in [0.25, 0.3) is 0 Å². The number of carboxylic acid groups (broad SMARTS) is 1. The number of nitrogens with zero attached hydrogens (tertiary/aromatic N) is 1. The summed E-state index contributed by atoms with van der Waals surface area (Å²) in [6.07, 6.45) is 3.26. The predicted molar refractivity (Wildman–Crippen MR) is 75.3 cm³/mol. The third kappa shape index (κ3) is 3.22.